The summed E-state index contributed by atoms with van der Waals surface area (Å²) in [5, 5.41) is 13.3. The van der Waals surface area contributed by atoms with Crippen molar-refractivity contribution < 1.29 is 38.1 Å². The highest BCUT2D eigenvalue weighted by molar-refractivity contribution is 6.09. The maximum Gasteiger partial charge on any atom is 0.232 e. The van der Waals surface area contributed by atoms with E-state index in [1.807, 2.05) is 322 Å². The van der Waals surface area contributed by atoms with Crippen LogP contribution in [0.3, 0.4) is 0 Å². The quantitative estimate of drug-likeness (QED) is 0.0273. The number of anilines is 4. The van der Waals surface area contributed by atoms with Gasteiger partial charge in [-0.05, 0) is 150 Å². The minimum atomic E-state index is -0.977. The van der Waals surface area contributed by atoms with E-state index in [1.54, 1.807) is 0 Å². The fraction of sp³-hybridized carbons (Fsp3) is 0.217. The van der Waals surface area contributed by atoms with Gasteiger partial charge in [-0.25, -0.2) is 9.97 Å². The van der Waals surface area contributed by atoms with Gasteiger partial charge in [-0.1, -0.05) is 194 Å². The molecule has 13 rings (SSSR count). The monoisotopic (exact) mass is 1430 g/mol. The summed E-state index contributed by atoms with van der Waals surface area (Å²) in [5.41, 5.74) is 12.1. The van der Waals surface area contributed by atoms with Crippen molar-refractivity contribution in [2.24, 2.45) is 21.7 Å². The van der Waals surface area contributed by atoms with Crippen molar-refractivity contribution in [3.05, 3.63) is 288 Å². The number of rotatable bonds is 28. The molecule has 0 radical (unpaired) electrons. The SMILES string of the molecule is CC(C)(COCc1ccccc1)C(=O)Nc1ccccc1-c1c2nc(c(-c3ccccc3NC(=O)C(C)(C)COCc3ccccc3)c3ccc([nH]3)c(-c3ccccc3NC(=O)C(C)(C)COCc3ccccc3)c3nc(c(-c4ccccc4NC(=O)C(C)(C)COCc4ccccc4)c4ccc1[nH]4)C=C3)C=C2. The Kier molecular flexibility index (Phi) is 22.6. The number of hydrogen-bond acceptors (Lipinski definition) is 10. The molecule has 3 aromatic heterocycles. The molecule has 11 aromatic rings. The highest BCUT2D eigenvalue weighted by Crippen LogP contribution is 2.44. The molecule has 0 spiro atoms. The third-order valence-corrected chi connectivity index (χ3v) is 19.3. The lowest BCUT2D eigenvalue weighted by Gasteiger charge is -2.24. The second-order valence-corrected chi connectivity index (χ2v) is 30.0. The first-order valence-electron chi connectivity index (χ1n) is 36.4. The molecule has 8 aromatic carbocycles. The van der Waals surface area contributed by atoms with Crippen LogP contribution in [-0.2, 0) is 64.6 Å². The van der Waals surface area contributed by atoms with Crippen LogP contribution in [0, 0.1) is 21.7 Å². The number of ether oxygens (including phenoxy) is 4. The lowest BCUT2D eigenvalue weighted by Crippen LogP contribution is -2.35. The minimum absolute atomic E-state index is 0.144. The Balaban J connectivity index is 1.01. The van der Waals surface area contributed by atoms with E-state index in [9.17, 15) is 19.2 Å². The van der Waals surface area contributed by atoms with Gasteiger partial charge in [0.25, 0.3) is 0 Å². The summed E-state index contributed by atoms with van der Waals surface area (Å²) in [6.45, 7) is 16.9. The van der Waals surface area contributed by atoms with Crippen LogP contribution in [0.25, 0.3) is 90.9 Å². The summed E-state index contributed by atoms with van der Waals surface area (Å²) < 4.78 is 24.9. The molecule has 546 valence electrons. The molecular formula is C92H90N8O8. The van der Waals surface area contributed by atoms with Gasteiger partial charge in [0.15, 0.2) is 0 Å². The average molecular weight is 1440 g/mol. The average Bonchev–Trinajstić information content (AvgIpc) is 1.59. The van der Waals surface area contributed by atoms with E-state index in [0.717, 1.165) is 22.3 Å². The zero-order valence-corrected chi connectivity index (χ0v) is 62.2. The van der Waals surface area contributed by atoms with Gasteiger partial charge in [0.2, 0.25) is 23.6 Å². The number of para-hydroxylation sites is 4. The van der Waals surface area contributed by atoms with E-state index in [-0.39, 0.29) is 50.1 Å². The largest absolute Gasteiger partial charge is 0.376 e. The number of amides is 4. The zero-order chi connectivity index (χ0) is 75.4. The molecule has 16 nitrogen and oxygen atoms in total. The summed E-state index contributed by atoms with van der Waals surface area (Å²) in [5.74, 6) is -1.02. The molecule has 4 amide bonds. The van der Waals surface area contributed by atoms with Gasteiger partial charge in [-0.3, -0.25) is 19.2 Å². The van der Waals surface area contributed by atoms with Gasteiger partial charge in [-0.2, -0.15) is 0 Å². The van der Waals surface area contributed by atoms with E-state index in [4.69, 9.17) is 28.9 Å². The predicted octanol–water partition coefficient (Wildman–Crippen LogP) is 20.0. The number of aromatic nitrogens is 4. The minimum Gasteiger partial charge on any atom is -0.376 e. The van der Waals surface area contributed by atoms with E-state index >= 15 is 0 Å². The number of fused-ring (bicyclic) bond motifs is 8. The van der Waals surface area contributed by atoms with Crippen LogP contribution >= 0.6 is 0 Å². The highest BCUT2D eigenvalue weighted by Gasteiger charge is 2.34. The molecule has 0 aliphatic carbocycles. The van der Waals surface area contributed by atoms with Gasteiger partial charge in [0.05, 0.1) is 97.3 Å². The van der Waals surface area contributed by atoms with Crippen molar-refractivity contribution in [3.63, 3.8) is 0 Å². The Morgan fingerprint density at radius 3 is 0.685 bits per heavy atom. The second-order valence-electron chi connectivity index (χ2n) is 30.0. The molecule has 0 fully saturated rings. The van der Waals surface area contributed by atoms with Gasteiger partial charge in [0, 0.05) is 89.3 Å². The van der Waals surface area contributed by atoms with Crippen LogP contribution in [-0.4, -0.2) is 70.0 Å². The van der Waals surface area contributed by atoms with Crippen LogP contribution in [0.5, 0.6) is 0 Å². The molecule has 2 aliphatic rings. The number of nitrogens with one attached hydrogen (secondary N) is 6. The molecule has 0 saturated heterocycles. The predicted molar refractivity (Wildman–Crippen MR) is 435 cm³/mol. The number of H-pyrrole nitrogens is 2. The lowest BCUT2D eigenvalue weighted by molar-refractivity contribution is -0.128. The first-order chi connectivity index (χ1) is 52.2. The number of hydrogen-bond donors (Lipinski definition) is 6. The number of nitrogens with zero attached hydrogens (tertiary/aromatic N) is 2. The summed E-state index contributed by atoms with van der Waals surface area (Å²) >= 11 is 0. The molecule has 0 saturated carbocycles. The van der Waals surface area contributed by atoms with Crippen molar-refractivity contribution in [1.82, 2.24) is 19.9 Å². The third-order valence-electron chi connectivity index (χ3n) is 19.3. The normalized spacial score (nSPS) is 12.2. The summed E-state index contributed by atoms with van der Waals surface area (Å²) in [7, 11) is 0. The standard InChI is InChI=1S/C92H90N8O8/c1-89(2,57-105-53-61-29-13-9-14-30-61)85(101)97-69-41-25-21-37-65(69)81-73-45-47-75(93-73)82(66-38-22-26-42-70(66)98-86(102)90(3,4)58-106-54-62-31-15-10-16-32-62)77-49-51-79(95-77)84(68-40-24-28-44-72(68)100-88(104)92(7,8)60-108-56-64-35-19-12-20-36-64)80-52-50-78(96-80)83(76-48-46-74(81)94-76)67-39-23-27-43-71(67)99-87(103)91(5,6)59-107-55-63-33-17-11-18-34-63/h9-52,93,96H,53-60H2,1-8H3,(H,97,101)(H,98,102)(H,99,103)(H,100,104). The van der Waals surface area contributed by atoms with Crippen LogP contribution in [0.2, 0.25) is 0 Å². The first kappa shape index (κ1) is 74.4. The summed E-state index contributed by atoms with van der Waals surface area (Å²) in [6.07, 6.45) is 7.88. The van der Waals surface area contributed by atoms with Gasteiger partial charge < -0.3 is 50.2 Å². The third kappa shape index (κ3) is 17.5. The number of aromatic amines is 2. The Bertz CT molecular complexity index is 4680. The Morgan fingerprint density at radius 2 is 0.472 bits per heavy atom. The van der Waals surface area contributed by atoms with Gasteiger partial charge >= 0.3 is 0 Å². The van der Waals surface area contributed by atoms with Crippen molar-refractivity contribution in [2.45, 2.75) is 81.8 Å². The second kappa shape index (κ2) is 32.8. The fourth-order valence-electron chi connectivity index (χ4n) is 13.0. The highest BCUT2D eigenvalue weighted by atomic mass is 16.5. The smallest absolute Gasteiger partial charge is 0.232 e. The van der Waals surface area contributed by atoms with E-state index in [0.29, 0.717) is 139 Å². The van der Waals surface area contributed by atoms with Crippen molar-refractivity contribution in [3.8, 4) is 44.5 Å². The van der Waals surface area contributed by atoms with Gasteiger partial charge in [-0.15, -0.1) is 0 Å². The van der Waals surface area contributed by atoms with E-state index in [1.165, 1.54) is 0 Å². The molecule has 8 bridgehead atoms. The van der Waals surface area contributed by atoms with E-state index < -0.39 is 21.7 Å². The first-order valence-corrected chi connectivity index (χ1v) is 36.4. The molecule has 2 aliphatic heterocycles. The molecule has 5 heterocycles. The fourth-order valence-corrected chi connectivity index (χ4v) is 13.0. The molecule has 108 heavy (non-hydrogen) atoms. The van der Waals surface area contributed by atoms with E-state index in [2.05, 4.69) is 31.2 Å². The molecule has 0 atom stereocenters. The van der Waals surface area contributed by atoms with Crippen molar-refractivity contribution in [2.75, 3.05) is 47.7 Å². The van der Waals surface area contributed by atoms with Crippen LogP contribution in [0.1, 0.15) is 100 Å². The van der Waals surface area contributed by atoms with Crippen LogP contribution in [0.4, 0.5) is 22.7 Å². The Labute approximate surface area is 630 Å². The molecular weight excluding hydrogens is 1350 g/mol. The number of carbonyl (C=O) groups is 4. The van der Waals surface area contributed by atoms with Gasteiger partial charge in [0.1, 0.15) is 0 Å². The summed E-state index contributed by atoms with van der Waals surface area (Å²) in [6, 6.07) is 78.2. The van der Waals surface area contributed by atoms with Crippen LogP contribution < -0.4 is 21.3 Å². The maximum absolute atomic E-state index is 14.8. The van der Waals surface area contributed by atoms with Crippen molar-refractivity contribution >= 4 is 92.7 Å². The molecule has 6 N–H and O–H groups in total. The Morgan fingerprint density at radius 1 is 0.278 bits per heavy atom. The van der Waals surface area contributed by atoms with Crippen molar-refractivity contribution in [1.29, 1.82) is 0 Å². The number of benzene rings is 8. The van der Waals surface area contributed by atoms with Crippen LogP contribution in [0.15, 0.2) is 243 Å². The Hall–Kier alpha value is -11.9. The maximum atomic E-state index is 14.8. The zero-order valence-electron chi connectivity index (χ0n) is 62.2. The topological polar surface area (TPSA) is 211 Å². The number of carbonyl (C=O) groups excluding carboxylic acids is 4. The molecule has 16 heteroatoms. The lowest BCUT2D eigenvalue weighted by atomic mass is 9.92. The molecule has 0 unspecified atom stereocenters. The summed E-state index contributed by atoms with van der Waals surface area (Å²) in [4.78, 5) is 78.4.